The Morgan fingerprint density at radius 1 is 1.43 bits per heavy atom. The summed E-state index contributed by atoms with van der Waals surface area (Å²) in [5, 5.41) is 10.1. The molecule has 4 nitrogen and oxygen atoms in total. The van der Waals surface area contributed by atoms with Crippen molar-refractivity contribution in [3.05, 3.63) is 59.3 Å². The number of halogens is 1. The molecule has 1 aromatic carbocycles. The number of allylic oxidation sites excluding steroid dienone is 1. The summed E-state index contributed by atoms with van der Waals surface area (Å²) in [4.78, 5) is 16.7. The number of aromatic nitrogens is 1. The summed E-state index contributed by atoms with van der Waals surface area (Å²) in [5.74, 6) is -0.939. The van der Waals surface area contributed by atoms with Crippen molar-refractivity contribution in [3.63, 3.8) is 0 Å². The summed E-state index contributed by atoms with van der Waals surface area (Å²) in [6.45, 7) is 9.07. The molecule has 1 saturated carbocycles. The SMILES string of the molecule is C=C(CC/C=C/C(=O)O)C1c2[nH]c3cc(C)ccc3c2CC(C)N1CC1(F)CCC1. The highest BCUT2D eigenvalue weighted by Gasteiger charge is 2.44. The minimum absolute atomic E-state index is 0.0806. The van der Waals surface area contributed by atoms with Crippen molar-refractivity contribution in [1.29, 1.82) is 0 Å². The second kappa shape index (κ2) is 8.03. The number of hydrogen-bond donors (Lipinski definition) is 2. The summed E-state index contributed by atoms with van der Waals surface area (Å²) in [7, 11) is 0. The molecule has 0 bridgehead atoms. The van der Waals surface area contributed by atoms with Crippen molar-refractivity contribution < 1.29 is 14.3 Å². The van der Waals surface area contributed by atoms with Crippen LogP contribution >= 0.6 is 0 Å². The van der Waals surface area contributed by atoms with Crippen LogP contribution in [0.2, 0.25) is 0 Å². The predicted octanol–water partition coefficient (Wildman–Crippen LogP) is 5.63. The third-order valence-electron chi connectivity index (χ3n) is 6.76. The van der Waals surface area contributed by atoms with Crippen LogP contribution in [0.5, 0.6) is 0 Å². The Kier molecular flexibility index (Phi) is 5.58. The second-order valence-electron chi connectivity index (χ2n) is 9.14. The number of aryl methyl sites for hydroxylation is 1. The number of alkyl halides is 1. The van der Waals surface area contributed by atoms with Gasteiger partial charge in [-0.05, 0) is 69.6 Å². The van der Waals surface area contributed by atoms with Gasteiger partial charge in [0.2, 0.25) is 0 Å². The van der Waals surface area contributed by atoms with Crippen molar-refractivity contribution in [1.82, 2.24) is 9.88 Å². The number of carboxylic acids is 1. The van der Waals surface area contributed by atoms with Gasteiger partial charge in [-0.3, -0.25) is 4.90 Å². The van der Waals surface area contributed by atoms with Gasteiger partial charge in [-0.25, -0.2) is 9.18 Å². The Bertz CT molecular complexity index is 1000. The van der Waals surface area contributed by atoms with Gasteiger partial charge in [-0.2, -0.15) is 0 Å². The molecular weight excluding hydrogens is 379 g/mol. The van der Waals surface area contributed by atoms with Crippen LogP contribution in [0.1, 0.15) is 61.9 Å². The monoisotopic (exact) mass is 410 g/mol. The molecule has 4 rings (SSSR count). The molecule has 30 heavy (non-hydrogen) atoms. The predicted molar refractivity (Wildman–Crippen MR) is 118 cm³/mol. The number of fused-ring (bicyclic) bond motifs is 3. The average Bonchev–Trinajstić information content (AvgIpc) is 3.00. The maximum Gasteiger partial charge on any atom is 0.327 e. The van der Waals surface area contributed by atoms with E-state index in [2.05, 4.69) is 48.5 Å². The van der Waals surface area contributed by atoms with Gasteiger partial charge in [-0.1, -0.05) is 30.4 Å². The molecule has 0 spiro atoms. The van der Waals surface area contributed by atoms with Crippen LogP contribution in [0.4, 0.5) is 4.39 Å². The molecule has 1 aliphatic heterocycles. The van der Waals surface area contributed by atoms with E-state index >= 15 is 4.39 Å². The van der Waals surface area contributed by atoms with Crippen LogP contribution in [0.25, 0.3) is 10.9 Å². The van der Waals surface area contributed by atoms with Crippen molar-refractivity contribution in [2.45, 2.75) is 70.1 Å². The number of aliphatic carboxylic acids is 1. The zero-order valence-electron chi connectivity index (χ0n) is 17.9. The first-order valence-corrected chi connectivity index (χ1v) is 10.9. The summed E-state index contributed by atoms with van der Waals surface area (Å²) in [6.07, 6.45) is 7.24. The van der Waals surface area contributed by atoms with Gasteiger partial charge >= 0.3 is 5.97 Å². The molecule has 0 amide bonds. The molecular formula is C25H31FN2O2. The lowest BCUT2D eigenvalue weighted by Gasteiger charge is -2.47. The first kappa shape index (κ1) is 20.9. The van der Waals surface area contributed by atoms with Gasteiger partial charge in [0.25, 0.3) is 0 Å². The highest BCUT2D eigenvalue weighted by molar-refractivity contribution is 5.86. The normalized spacial score (nSPS) is 23.4. The summed E-state index contributed by atoms with van der Waals surface area (Å²) in [6, 6.07) is 6.62. The minimum atomic E-state index is -1.10. The van der Waals surface area contributed by atoms with Crippen molar-refractivity contribution >= 4 is 16.9 Å². The van der Waals surface area contributed by atoms with Crippen molar-refractivity contribution in [2.24, 2.45) is 0 Å². The Morgan fingerprint density at radius 2 is 2.20 bits per heavy atom. The lowest BCUT2D eigenvalue weighted by Crippen LogP contribution is -2.51. The average molecular weight is 411 g/mol. The molecule has 0 radical (unpaired) electrons. The van der Waals surface area contributed by atoms with E-state index < -0.39 is 11.6 Å². The Balaban J connectivity index is 1.69. The van der Waals surface area contributed by atoms with E-state index in [4.69, 9.17) is 5.11 Å². The highest BCUT2D eigenvalue weighted by atomic mass is 19.1. The Morgan fingerprint density at radius 3 is 2.87 bits per heavy atom. The first-order valence-electron chi connectivity index (χ1n) is 10.9. The van der Waals surface area contributed by atoms with Crippen LogP contribution in [0.15, 0.2) is 42.5 Å². The highest BCUT2D eigenvalue weighted by Crippen LogP contribution is 2.45. The van der Waals surface area contributed by atoms with Gasteiger partial charge < -0.3 is 10.1 Å². The fourth-order valence-electron chi connectivity index (χ4n) is 5.00. The van der Waals surface area contributed by atoms with Crippen LogP contribution in [-0.4, -0.2) is 39.2 Å². The maximum absolute atomic E-state index is 15.2. The summed E-state index contributed by atoms with van der Waals surface area (Å²) in [5.41, 5.74) is 4.67. The molecule has 160 valence electrons. The molecule has 1 aromatic heterocycles. The zero-order chi connectivity index (χ0) is 21.5. The van der Waals surface area contributed by atoms with Gasteiger partial charge in [0.1, 0.15) is 5.67 Å². The number of nitrogens with one attached hydrogen (secondary N) is 1. The molecule has 2 unspecified atom stereocenters. The standard InChI is InChI=1S/C25H31FN2O2/c1-16-9-10-19-20-14-18(3)28(15-25(26)11-6-12-25)24(23(20)27-21(19)13-16)17(2)7-4-5-8-22(29)30/h5,8-10,13,18,24,27H,2,4,6-7,11-12,14-15H2,1,3H3,(H,29,30)/b8-5+. The summed E-state index contributed by atoms with van der Waals surface area (Å²) >= 11 is 0. The third kappa shape index (κ3) is 3.95. The second-order valence-corrected chi connectivity index (χ2v) is 9.14. The molecule has 1 aliphatic carbocycles. The van der Waals surface area contributed by atoms with E-state index in [1.54, 1.807) is 6.08 Å². The first-order chi connectivity index (χ1) is 14.3. The third-order valence-corrected chi connectivity index (χ3v) is 6.76. The molecule has 2 aliphatic rings. The van der Waals surface area contributed by atoms with E-state index in [-0.39, 0.29) is 12.1 Å². The lowest BCUT2D eigenvalue weighted by atomic mass is 9.79. The number of rotatable bonds is 7. The fraction of sp³-hybridized carbons (Fsp3) is 0.480. The molecule has 2 aromatic rings. The van der Waals surface area contributed by atoms with Crippen LogP contribution in [-0.2, 0) is 11.2 Å². The van der Waals surface area contributed by atoms with Gasteiger partial charge in [0.05, 0.1) is 6.04 Å². The number of benzene rings is 1. The van der Waals surface area contributed by atoms with E-state index in [1.807, 2.05) is 0 Å². The summed E-state index contributed by atoms with van der Waals surface area (Å²) < 4.78 is 15.2. The molecule has 2 atom stereocenters. The number of carbonyl (C=O) groups is 1. The van der Waals surface area contributed by atoms with E-state index in [0.717, 1.165) is 29.6 Å². The van der Waals surface area contributed by atoms with Crippen molar-refractivity contribution in [3.8, 4) is 0 Å². The fourth-order valence-corrected chi connectivity index (χ4v) is 5.00. The number of nitrogens with zero attached hydrogens (tertiary/aromatic N) is 1. The van der Waals surface area contributed by atoms with Crippen LogP contribution in [0.3, 0.4) is 0 Å². The van der Waals surface area contributed by atoms with Crippen molar-refractivity contribution in [2.75, 3.05) is 6.54 Å². The van der Waals surface area contributed by atoms with E-state index in [1.165, 1.54) is 22.6 Å². The molecule has 1 fully saturated rings. The molecule has 5 heteroatoms. The molecule has 0 saturated heterocycles. The number of carboxylic acid groups (broad SMARTS) is 1. The topological polar surface area (TPSA) is 56.3 Å². The van der Waals surface area contributed by atoms with E-state index in [9.17, 15) is 4.79 Å². The van der Waals surface area contributed by atoms with E-state index in [0.29, 0.717) is 32.2 Å². The number of H-pyrrole nitrogens is 1. The van der Waals surface area contributed by atoms with Crippen LogP contribution in [0, 0.1) is 6.92 Å². The van der Waals surface area contributed by atoms with Gasteiger partial charge in [0, 0.05) is 35.3 Å². The number of hydrogen-bond acceptors (Lipinski definition) is 2. The van der Waals surface area contributed by atoms with Gasteiger partial charge in [0.15, 0.2) is 0 Å². The van der Waals surface area contributed by atoms with Crippen LogP contribution < -0.4 is 0 Å². The smallest absolute Gasteiger partial charge is 0.327 e. The lowest BCUT2D eigenvalue weighted by molar-refractivity contribution is -0.131. The zero-order valence-corrected chi connectivity index (χ0v) is 17.9. The molecule has 2 heterocycles. The Hall–Kier alpha value is -2.40. The molecule has 2 N–H and O–H groups in total. The largest absolute Gasteiger partial charge is 0.478 e. The van der Waals surface area contributed by atoms with Gasteiger partial charge in [-0.15, -0.1) is 0 Å². The maximum atomic E-state index is 15.2. The minimum Gasteiger partial charge on any atom is -0.478 e. The Labute approximate surface area is 177 Å². The quantitative estimate of drug-likeness (QED) is 0.459. The number of aromatic amines is 1.